The summed E-state index contributed by atoms with van der Waals surface area (Å²) in [5, 5.41) is 0.953. The topological polar surface area (TPSA) is 46.6 Å². The van der Waals surface area contributed by atoms with Crippen LogP contribution in [-0.4, -0.2) is 36.0 Å². The van der Waals surface area contributed by atoms with Gasteiger partial charge in [0, 0.05) is 18.5 Å². The number of aldehydes is 1. The summed E-state index contributed by atoms with van der Waals surface area (Å²) in [6, 6.07) is 5.37. The first-order chi connectivity index (χ1) is 11.1. The minimum atomic E-state index is -0.619. The highest BCUT2D eigenvalue weighted by atomic mass is 35.5. The molecule has 0 aromatic heterocycles. The van der Waals surface area contributed by atoms with E-state index in [1.165, 1.54) is 0 Å². The molecular weight excluding hydrogens is 349 g/mol. The zero-order chi connectivity index (χ0) is 18.0. The van der Waals surface area contributed by atoms with Gasteiger partial charge in [-0.05, 0) is 57.7 Å². The van der Waals surface area contributed by atoms with Crippen molar-refractivity contribution in [1.82, 2.24) is 4.90 Å². The van der Waals surface area contributed by atoms with Gasteiger partial charge in [0.1, 0.15) is 11.9 Å². The third-order valence-electron chi connectivity index (χ3n) is 4.05. The van der Waals surface area contributed by atoms with Crippen LogP contribution in [0.2, 0.25) is 10.0 Å². The molecule has 1 aromatic rings. The standard InChI is InChI=1S/C18H23Cl2NO3/c1-17(2,3)24-16(23)21-8-4-7-18(11-21,12-22)10-13-5-6-14(19)15(20)9-13/h5-6,9,12H,4,7-8,10-11H2,1-3H3/t18-/m1/s1. The van der Waals surface area contributed by atoms with Gasteiger partial charge in [-0.3, -0.25) is 0 Å². The fourth-order valence-corrected chi connectivity index (χ4v) is 3.30. The average Bonchev–Trinajstić information content (AvgIpc) is 2.49. The van der Waals surface area contributed by atoms with Crippen LogP contribution < -0.4 is 0 Å². The van der Waals surface area contributed by atoms with Crippen molar-refractivity contribution < 1.29 is 14.3 Å². The molecule has 0 radical (unpaired) electrons. The van der Waals surface area contributed by atoms with E-state index in [9.17, 15) is 9.59 Å². The normalized spacial score (nSPS) is 21.5. The summed E-state index contributed by atoms with van der Waals surface area (Å²) < 4.78 is 5.43. The van der Waals surface area contributed by atoms with Crippen LogP contribution in [0.5, 0.6) is 0 Å². The Balaban J connectivity index is 2.14. The predicted molar refractivity (Wildman–Crippen MR) is 95.7 cm³/mol. The molecule has 1 fully saturated rings. The number of nitrogens with zero attached hydrogens (tertiary/aromatic N) is 1. The van der Waals surface area contributed by atoms with Gasteiger partial charge in [-0.2, -0.15) is 0 Å². The molecule has 1 amide bonds. The second-order valence-corrected chi connectivity index (χ2v) is 8.23. The molecule has 0 spiro atoms. The molecule has 4 nitrogen and oxygen atoms in total. The Kier molecular flexibility index (Phi) is 5.82. The van der Waals surface area contributed by atoms with E-state index in [-0.39, 0.29) is 6.09 Å². The van der Waals surface area contributed by atoms with E-state index in [2.05, 4.69) is 0 Å². The molecule has 0 N–H and O–H groups in total. The number of benzene rings is 1. The highest BCUT2D eigenvalue weighted by Gasteiger charge is 2.38. The van der Waals surface area contributed by atoms with Crippen molar-refractivity contribution in [2.24, 2.45) is 5.41 Å². The quantitative estimate of drug-likeness (QED) is 0.720. The zero-order valence-electron chi connectivity index (χ0n) is 14.3. The molecule has 1 saturated heterocycles. The highest BCUT2D eigenvalue weighted by Crippen LogP contribution is 2.34. The number of amides is 1. The van der Waals surface area contributed by atoms with Gasteiger partial charge in [-0.15, -0.1) is 0 Å². The summed E-state index contributed by atoms with van der Waals surface area (Å²) in [5.74, 6) is 0. The minimum Gasteiger partial charge on any atom is -0.444 e. The van der Waals surface area contributed by atoms with Gasteiger partial charge in [-0.25, -0.2) is 4.79 Å². The third-order valence-corrected chi connectivity index (χ3v) is 4.79. The number of carbonyl (C=O) groups excluding carboxylic acids is 2. The van der Waals surface area contributed by atoms with Gasteiger partial charge >= 0.3 is 6.09 Å². The van der Waals surface area contributed by atoms with Crippen LogP contribution in [0.1, 0.15) is 39.2 Å². The van der Waals surface area contributed by atoms with Gasteiger partial charge in [0.2, 0.25) is 0 Å². The smallest absolute Gasteiger partial charge is 0.410 e. The minimum absolute atomic E-state index is 0.353. The Hall–Kier alpha value is -1.26. The maximum Gasteiger partial charge on any atom is 0.410 e. The number of hydrogen-bond donors (Lipinski definition) is 0. The van der Waals surface area contributed by atoms with E-state index in [1.807, 2.05) is 26.8 Å². The first kappa shape index (κ1) is 19.1. The lowest BCUT2D eigenvalue weighted by Gasteiger charge is -2.39. The van der Waals surface area contributed by atoms with Gasteiger partial charge < -0.3 is 14.4 Å². The summed E-state index contributed by atoms with van der Waals surface area (Å²) in [6.07, 6.45) is 2.61. The molecule has 0 saturated carbocycles. The van der Waals surface area contributed by atoms with E-state index in [4.69, 9.17) is 27.9 Å². The van der Waals surface area contributed by atoms with Gasteiger partial charge in [0.25, 0.3) is 0 Å². The number of hydrogen-bond acceptors (Lipinski definition) is 3. The lowest BCUT2D eigenvalue weighted by atomic mass is 9.76. The van der Waals surface area contributed by atoms with Gasteiger partial charge in [0.05, 0.1) is 10.0 Å². The molecule has 1 heterocycles. The highest BCUT2D eigenvalue weighted by molar-refractivity contribution is 6.42. The van der Waals surface area contributed by atoms with Gasteiger partial charge in [-0.1, -0.05) is 29.3 Å². The summed E-state index contributed by atoms with van der Waals surface area (Å²) in [6.45, 7) is 6.45. The Labute approximate surface area is 153 Å². The first-order valence-corrected chi connectivity index (χ1v) is 8.78. The third kappa shape index (κ3) is 4.87. The van der Waals surface area contributed by atoms with Crippen molar-refractivity contribution in [3.63, 3.8) is 0 Å². The van der Waals surface area contributed by atoms with Crippen molar-refractivity contribution in [1.29, 1.82) is 0 Å². The fourth-order valence-electron chi connectivity index (χ4n) is 2.98. The van der Waals surface area contributed by atoms with Crippen molar-refractivity contribution in [3.05, 3.63) is 33.8 Å². The summed E-state index contributed by atoms with van der Waals surface area (Å²) in [4.78, 5) is 25.8. The Morgan fingerprint density at radius 1 is 1.33 bits per heavy atom. The lowest BCUT2D eigenvalue weighted by Crippen LogP contribution is -2.49. The number of piperidine rings is 1. The summed E-state index contributed by atoms with van der Waals surface area (Å²) in [5.41, 5.74) is -0.239. The molecule has 132 valence electrons. The molecule has 1 aliphatic rings. The monoisotopic (exact) mass is 371 g/mol. The maximum absolute atomic E-state index is 12.3. The van der Waals surface area contributed by atoms with Crippen molar-refractivity contribution >= 4 is 35.6 Å². The molecule has 6 heteroatoms. The van der Waals surface area contributed by atoms with E-state index < -0.39 is 11.0 Å². The van der Waals surface area contributed by atoms with Crippen LogP contribution >= 0.6 is 23.2 Å². The predicted octanol–water partition coefficient (Wildman–Crippen LogP) is 4.75. The molecule has 1 aliphatic heterocycles. The molecule has 24 heavy (non-hydrogen) atoms. The number of halogens is 2. The fraction of sp³-hybridized carbons (Fsp3) is 0.556. The zero-order valence-corrected chi connectivity index (χ0v) is 15.8. The number of carbonyl (C=O) groups is 2. The van der Waals surface area contributed by atoms with Crippen LogP contribution in [0.25, 0.3) is 0 Å². The van der Waals surface area contributed by atoms with Crippen LogP contribution in [-0.2, 0) is 16.0 Å². The SMILES string of the molecule is CC(C)(C)OC(=O)N1CCC[C@@](C=O)(Cc2ccc(Cl)c(Cl)c2)C1. The molecule has 2 rings (SSSR count). The van der Waals surface area contributed by atoms with Crippen LogP contribution in [0.4, 0.5) is 4.79 Å². The van der Waals surface area contributed by atoms with E-state index in [0.29, 0.717) is 29.6 Å². The van der Waals surface area contributed by atoms with Crippen LogP contribution in [0, 0.1) is 5.41 Å². The van der Waals surface area contributed by atoms with E-state index in [0.717, 1.165) is 24.7 Å². The number of ether oxygens (including phenoxy) is 1. The molecule has 0 aliphatic carbocycles. The molecule has 1 atom stereocenters. The maximum atomic E-state index is 12.3. The second-order valence-electron chi connectivity index (χ2n) is 7.41. The summed E-state index contributed by atoms with van der Waals surface area (Å²) in [7, 11) is 0. The van der Waals surface area contributed by atoms with Crippen LogP contribution in [0.3, 0.4) is 0 Å². The molecule has 0 unspecified atom stereocenters. The average molecular weight is 372 g/mol. The van der Waals surface area contributed by atoms with Crippen molar-refractivity contribution in [2.45, 2.75) is 45.6 Å². The number of likely N-dealkylation sites (tertiary alicyclic amines) is 1. The first-order valence-electron chi connectivity index (χ1n) is 8.02. The van der Waals surface area contributed by atoms with Crippen molar-refractivity contribution in [2.75, 3.05) is 13.1 Å². The Morgan fingerprint density at radius 2 is 2.04 bits per heavy atom. The molecular formula is C18H23Cl2NO3. The molecule has 1 aromatic carbocycles. The second kappa shape index (κ2) is 7.32. The lowest BCUT2D eigenvalue weighted by molar-refractivity contribution is -0.119. The number of rotatable bonds is 3. The van der Waals surface area contributed by atoms with Gasteiger partial charge in [0.15, 0.2) is 0 Å². The largest absolute Gasteiger partial charge is 0.444 e. The molecule has 0 bridgehead atoms. The van der Waals surface area contributed by atoms with E-state index in [1.54, 1.807) is 17.0 Å². The van der Waals surface area contributed by atoms with E-state index >= 15 is 0 Å². The Morgan fingerprint density at radius 3 is 2.62 bits per heavy atom. The van der Waals surface area contributed by atoms with Crippen LogP contribution in [0.15, 0.2) is 18.2 Å². The summed E-state index contributed by atoms with van der Waals surface area (Å²) >= 11 is 12.0. The Bertz CT molecular complexity index is 627. The van der Waals surface area contributed by atoms with Crippen molar-refractivity contribution in [3.8, 4) is 0 Å².